The molecule has 0 radical (unpaired) electrons. The van der Waals surface area contributed by atoms with Crippen LogP contribution in [0.4, 0.5) is 0 Å². The van der Waals surface area contributed by atoms with Crippen LogP contribution in [0.3, 0.4) is 0 Å². The summed E-state index contributed by atoms with van der Waals surface area (Å²) in [5.74, 6) is 0. The standard InChI is InChI=1S/C12H12ClNO/c1-8-5-10(6-11(13)9(8)2)12(3-4-12)14-7-15/h5-6H,3-4H2,1-2H3. The zero-order chi connectivity index (χ0) is 11.1. The van der Waals surface area contributed by atoms with Crippen LogP contribution in [0.1, 0.15) is 29.5 Å². The first kappa shape index (κ1) is 10.4. The van der Waals surface area contributed by atoms with Crippen molar-refractivity contribution >= 4 is 17.7 Å². The highest BCUT2D eigenvalue weighted by atomic mass is 35.5. The third-order valence-corrected chi connectivity index (χ3v) is 3.52. The van der Waals surface area contributed by atoms with Crippen LogP contribution in [-0.2, 0) is 10.3 Å². The van der Waals surface area contributed by atoms with Gasteiger partial charge < -0.3 is 0 Å². The summed E-state index contributed by atoms with van der Waals surface area (Å²) >= 11 is 6.11. The van der Waals surface area contributed by atoms with E-state index in [1.54, 1.807) is 6.08 Å². The van der Waals surface area contributed by atoms with Gasteiger partial charge in [-0.3, -0.25) is 0 Å². The van der Waals surface area contributed by atoms with Gasteiger partial charge in [0.1, 0.15) is 0 Å². The third-order valence-electron chi connectivity index (χ3n) is 3.12. The SMILES string of the molecule is Cc1cc(C2(N=C=O)CC2)cc(Cl)c1C. The zero-order valence-electron chi connectivity index (χ0n) is 8.80. The minimum Gasteiger partial charge on any atom is -0.211 e. The lowest BCUT2D eigenvalue weighted by Crippen LogP contribution is -2.03. The molecule has 0 aromatic heterocycles. The molecule has 0 atom stereocenters. The Bertz CT molecular complexity index is 434. The molecule has 0 N–H and O–H groups in total. The largest absolute Gasteiger partial charge is 0.235 e. The van der Waals surface area contributed by atoms with Crippen molar-refractivity contribution in [2.45, 2.75) is 32.2 Å². The first-order valence-corrected chi connectivity index (χ1v) is 5.33. The van der Waals surface area contributed by atoms with Crippen molar-refractivity contribution in [1.29, 1.82) is 0 Å². The molecule has 1 saturated carbocycles. The Morgan fingerprint density at radius 1 is 1.40 bits per heavy atom. The Balaban J connectivity index is 2.51. The number of aryl methyl sites for hydroxylation is 1. The summed E-state index contributed by atoms with van der Waals surface area (Å²) in [6.45, 7) is 4.01. The smallest absolute Gasteiger partial charge is 0.211 e. The predicted octanol–water partition coefficient (Wildman–Crippen LogP) is 3.28. The molecule has 1 aliphatic rings. The van der Waals surface area contributed by atoms with E-state index in [1.165, 1.54) is 0 Å². The van der Waals surface area contributed by atoms with Crippen molar-refractivity contribution in [3.05, 3.63) is 33.8 Å². The van der Waals surface area contributed by atoms with Gasteiger partial charge >= 0.3 is 0 Å². The molecule has 2 nitrogen and oxygen atoms in total. The summed E-state index contributed by atoms with van der Waals surface area (Å²) in [7, 11) is 0. The highest BCUT2D eigenvalue weighted by Crippen LogP contribution is 2.50. The van der Waals surface area contributed by atoms with Gasteiger partial charge in [0, 0.05) is 5.02 Å². The lowest BCUT2D eigenvalue weighted by atomic mass is 10.00. The van der Waals surface area contributed by atoms with Crippen LogP contribution >= 0.6 is 11.6 Å². The normalized spacial score (nSPS) is 17.0. The van der Waals surface area contributed by atoms with Crippen LogP contribution in [-0.4, -0.2) is 6.08 Å². The number of benzene rings is 1. The quantitative estimate of drug-likeness (QED) is 0.557. The first-order chi connectivity index (χ1) is 7.09. The predicted molar refractivity (Wildman–Crippen MR) is 60.0 cm³/mol. The average molecular weight is 222 g/mol. The summed E-state index contributed by atoms with van der Waals surface area (Å²) < 4.78 is 0. The van der Waals surface area contributed by atoms with E-state index in [-0.39, 0.29) is 5.54 Å². The van der Waals surface area contributed by atoms with Gasteiger partial charge in [0.05, 0.1) is 5.54 Å². The average Bonchev–Trinajstić information content (AvgIpc) is 2.95. The Labute approximate surface area is 94.0 Å². The summed E-state index contributed by atoms with van der Waals surface area (Å²) in [6.07, 6.45) is 3.49. The Hall–Kier alpha value is -1.11. The third kappa shape index (κ3) is 1.71. The maximum atomic E-state index is 10.3. The van der Waals surface area contributed by atoms with Crippen molar-refractivity contribution in [2.75, 3.05) is 0 Å². The fraction of sp³-hybridized carbons (Fsp3) is 0.417. The second-order valence-corrected chi connectivity index (χ2v) is 4.54. The Kier molecular flexibility index (Phi) is 2.41. The van der Waals surface area contributed by atoms with E-state index in [0.29, 0.717) is 0 Å². The van der Waals surface area contributed by atoms with Crippen molar-refractivity contribution < 1.29 is 4.79 Å². The molecule has 0 heterocycles. The van der Waals surface area contributed by atoms with Gasteiger partial charge in [-0.05, 0) is 49.4 Å². The van der Waals surface area contributed by atoms with Crippen LogP contribution in [0.2, 0.25) is 5.02 Å². The van der Waals surface area contributed by atoms with E-state index < -0.39 is 0 Å². The van der Waals surface area contributed by atoms with Gasteiger partial charge in [0.25, 0.3) is 0 Å². The van der Waals surface area contributed by atoms with E-state index in [4.69, 9.17) is 11.6 Å². The van der Waals surface area contributed by atoms with E-state index >= 15 is 0 Å². The van der Waals surface area contributed by atoms with Crippen LogP contribution in [0.5, 0.6) is 0 Å². The van der Waals surface area contributed by atoms with Crippen LogP contribution in [0.15, 0.2) is 17.1 Å². The number of halogens is 1. The van der Waals surface area contributed by atoms with Crippen molar-refractivity contribution in [3.8, 4) is 0 Å². The summed E-state index contributed by atoms with van der Waals surface area (Å²) in [4.78, 5) is 14.2. The lowest BCUT2D eigenvalue weighted by Gasteiger charge is -2.12. The summed E-state index contributed by atoms with van der Waals surface area (Å²) in [5.41, 5.74) is 2.96. The minimum atomic E-state index is -0.316. The summed E-state index contributed by atoms with van der Waals surface area (Å²) in [5, 5.41) is 0.748. The number of isocyanates is 1. The lowest BCUT2D eigenvalue weighted by molar-refractivity contribution is 0.556. The molecule has 1 aromatic carbocycles. The van der Waals surface area contributed by atoms with Gasteiger partial charge in [0.15, 0.2) is 0 Å². The molecular formula is C12H12ClNO. The maximum absolute atomic E-state index is 10.3. The molecule has 0 spiro atoms. The van der Waals surface area contributed by atoms with Crippen LogP contribution in [0, 0.1) is 13.8 Å². The number of aliphatic imine (C=N–C) groups is 1. The van der Waals surface area contributed by atoms with E-state index in [9.17, 15) is 4.79 Å². The molecule has 0 saturated heterocycles. The van der Waals surface area contributed by atoms with Crippen molar-refractivity contribution in [3.63, 3.8) is 0 Å². The molecule has 0 unspecified atom stereocenters. The highest BCUT2D eigenvalue weighted by Gasteiger charge is 2.45. The molecular weight excluding hydrogens is 210 g/mol. The zero-order valence-corrected chi connectivity index (χ0v) is 9.56. The number of hydrogen-bond donors (Lipinski definition) is 0. The Morgan fingerprint density at radius 3 is 2.53 bits per heavy atom. The monoisotopic (exact) mass is 221 g/mol. The van der Waals surface area contributed by atoms with Gasteiger partial charge in [0.2, 0.25) is 6.08 Å². The molecule has 1 aliphatic carbocycles. The number of carbonyl (C=O) groups excluding carboxylic acids is 1. The first-order valence-electron chi connectivity index (χ1n) is 4.95. The maximum Gasteiger partial charge on any atom is 0.235 e. The molecule has 78 valence electrons. The molecule has 0 bridgehead atoms. The highest BCUT2D eigenvalue weighted by molar-refractivity contribution is 6.31. The number of rotatable bonds is 2. The second kappa shape index (κ2) is 3.48. The van der Waals surface area contributed by atoms with Crippen LogP contribution < -0.4 is 0 Å². The topological polar surface area (TPSA) is 29.4 Å². The molecule has 1 aromatic rings. The van der Waals surface area contributed by atoms with Crippen molar-refractivity contribution in [1.82, 2.24) is 0 Å². The van der Waals surface area contributed by atoms with Gasteiger partial charge in [-0.1, -0.05) is 17.7 Å². The van der Waals surface area contributed by atoms with E-state index in [0.717, 1.165) is 34.6 Å². The molecule has 0 aliphatic heterocycles. The molecule has 3 heteroatoms. The van der Waals surface area contributed by atoms with E-state index in [2.05, 4.69) is 11.1 Å². The van der Waals surface area contributed by atoms with E-state index in [1.807, 2.05) is 19.9 Å². The number of nitrogens with zero attached hydrogens (tertiary/aromatic N) is 1. The molecule has 15 heavy (non-hydrogen) atoms. The van der Waals surface area contributed by atoms with Crippen LogP contribution in [0.25, 0.3) is 0 Å². The molecule has 2 rings (SSSR count). The minimum absolute atomic E-state index is 0.316. The second-order valence-electron chi connectivity index (χ2n) is 4.13. The van der Waals surface area contributed by atoms with Gasteiger partial charge in [-0.15, -0.1) is 0 Å². The fourth-order valence-corrected chi connectivity index (χ4v) is 2.02. The van der Waals surface area contributed by atoms with Gasteiger partial charge in [-0.25, -0.2) is 4.79 Å². The van der Waals surface area contributed by atoms with Gasteiger partial charge in [-0.2, -0.15) is 4.99 Å². The Morgan fingerprint density at radius 2 is 2.07 bits per heavy atom. The van der Waals surface area contributed by atoms with Crippen molar-refractivity contribution in [2.24, 2.45) is 4.99 Å². The molecule has 0 amide bonds. The number of hydrogen-bond acceptors (Lipinski definition) is 2. The summed E-state index contributed by atoms with van der Waals surface area (Å²) in [6, 6.07) is 3.98. The molecule has 1 fully saturated rings. The fourth-order valence-electron chi connectivity index (χ4n) is 1.76.